The number of hydrogen-bond donors (Lipinski definition) is 1. The van der Waals surface area contributed by atoms with Crippen LogP contribution in [0.25, 0.3) is 0 Å². The van der Waals surface area contributed by atoms with Crippen LogP contribution in [0.4, 0.5) is 18.0 Å². The summed E-state index contributed by atoms with van der Waals surface area (Å²) in [5.74, 6) is -0.488. The highest BCUT2D eigenvalue weighted by atomic mass is 35.5. The smallest absolute Gasteiger partial charge is 0.447 e. The van der Waals surface area contributed by atoms with Crippen molar-refractivity contribution in [1.82, 2.24) is 5.32 Å². The van der Waals surface area contributed by atoms with Gasteiger partial charge in [0.25, 0.3) is 0 Å². The average molecular weight is 282 g/mol. The Labute approximate surface area is 105 Å². The zero-order valence-electron chi connectivity index (χ0n) is 8.75. The maximum absolute atomic E-state index is 12.0. The van der Waals surface area contributed by atoms with Gasteiger partial charge in [0.15, 0.2) is 0 Å². The van der Waals surface area contributed by atoms with Gasteiger partial charge in [-0.1, -0.05) is 17.7 Å². The first kappa shape index (κ1) is 12.8. The second-order valence-electron chi connectivity index (χ2n) is 3.53. The molecule has 1 fully saturated rings. The molecule has 0 aliphatic carbocycles. The van der Waals surface area contributed by atoms with Gasteiger partial charge >= 0.3 is 12.5 Å². The summed E-state index contributed by atoms with van der Waals surface area (Å²) in [4.78, 5) is 10.8. The topological polar surface area (TPSA) is 47.6 Å². The van der Waals surface area contributed by atoms with Crippen molar-refractivity contribution in [2.45, 2.75) is 12.4 Å². The molecular weight excluding hydrogens is 275 g/mol. The molecule has 0 bridgehead atoms. The lowest BCUT2D eigenvalue weighted by Crippen LogP contribution is -2.19. The molecule has 1 aliphatic heterocycles. The molecular formula is C10H7ClF3NO3. The van der Waals surface area contributed by atoms with Crippen LogP contribution < -0.4 is 10.1 Å². The van der Waals surface area contributed by atoms with E-state index in [4.69, 9.17) is 11.6 Å². The highest BCUT2D eigenvalue weighted by Gasteiger charge is 2.32. The number of ether oxygens (including phenoxy) is 2. The van der Waals surface area contributed by atoms with Gasteiger partial charge in [-0.2, -0.15) is 0 Å². The number of alkyl halides is 3. The molecule has 0 radical (unpaired) electrons. The van der Waals surface area contributed by atoms with Crippen molar-refractivity contribution in [3.05, 3.63) is 28.8 Å². The molecule has 0 aromatic heterocycles. The van der Waals surface area contributed by atoms with Gasteiger partial charge in [-0.05, 0) is 17.7 Å². The summed E-state index contributed by atoms with van der Waals surface area (Å²) in [6.45, 7) is 0.106. The number of carbonyl (C=O) groups is 1. The van der Waals surface area contributed by atoms with Crippen molar-refractivity contribution in [1.29, 1.82) is 0 Å². The Kier molecular flexibility index (Phi) is 3.25. The summed E-state index contributed by atoms with van der Waals surface area (Å²) < 4.78 is 44.4. The molecule has 4 nitrogen and oxygen atoms in total. The third-order valence-electron chi connectivity index (χ3n) is 2.26. The fourth-order valence-electron chi connectivity index (χ4n) is 1.51. The first-order chi connectivity index (χ1) is 8.35. The summed E-state index contributed by atoms with van der Waals surface area (Å²) >= 11 is 5.67. The first-order valence-electron chi connectivity index (χ1n) is 4.83. The Bertz CT molecular complexity index is 478. The SMILES string of the molecule is O=C1N[C@@H](c2ccc(OC(F)(F)F)c(Cl)c2)CO1. The molecule has 0 spiro atoms. The molecule has 98 valence electrons. The molecule has 1 aromatic rings. The Morgan fingerprint density at radius 3 is 2.67 bits per heavy atom. The van der Waals surface area contributed by atoms with Crippen molar-refractivity contribution < 1.29 is 27.4 Å². The van der Waals surface area contributed by atoms with Gasteiger partial charge in [-0.25, -0.2) is 4.79 Å². The molecule has 18 heavy (non-hydrogen) atoms. The maximum atomic E-state index is 12.0. The third kappa shape index (κ3) is 2.98. The Morgan fingerprint density at radius 1 is 1.44 bits per heavy atom. The molecule has 0 saturated carbocycles. The summed E-state index contributed by atoms with van der Waals surface area (Å²) in [5.41, 5.74) is 0.542. The van der Waals surface area contributed by atoms with E-state index in [1.165, 1.54) is 12.1 Å². The number of alkyl carbamates (subject to hydrolysis) is 1. The lowest BCUT2D eigenvalue weighted by molar-refractivity contribution is -0.274. The monoisotopic (exact) mass is 281 g/mol. The zero-order valence-corrected chi connectivity index (χ0v) is 9.51. The number of carbonyl (C=O) groups excluding carboxylic acids is 1. The molecule has 1 heterocycles. The number of nitrogens with one attached hydrogen (secondary N) is 1. The second kappa shape index (κ2) is 4.56. The van der Waals surface area contributed by atoms with Gasteiger partial charge in [0.05, 0.1) is 11.1 Å². The van der Waals surface area contributed by atoms with Crippen LogP contribution in [0.1, 0.15) is 11.6 Å². The standard InChI is InChI=1S/C10H7ClF3NO3/c11-6-3-5(7-4-17-9(16)15-7)1-2-8(6)18-10(12,13)14/h1-3,7H,4H2,(H,15,16)/t7-/m1/s1. The highest BCUT2D eigenvalue weighted by molar-refractivity contribution is 6.32. The summed E-state index contributed by atoms with van der Waals surface area (Å²) in [6.07, 6.45) is -5.37. The van der Waals surface area contributed by atoms with E-state index in [1.54, 1.807) is 0 Å². The lowest BCUT2D eigenvalue weighted by atomic mass is 10.1. The minimum absolute atomic E-state index is 0.106. The molecule has 1 amide bonds. The number of halogens is 4. The molecule has 1 aliphatic rings. The van der Waals surface area contributed by atoms with E-state index in [0.717, 1.165) is 6.07 Å². The minimum atomic E-state index is -4.80. The zero-order chi connectivity index (χ0) is 13.3. The lowest BCUT2D eigenvalue weighted by Gasteiger charge is -2.13. The van der Waals surface area contributed by atoms with Crippen molar-refractivity contribution in [3.8, 4) is 5.75 Å². The number of amides is 1. The summed E-state index contributed by atoms with van der Waals surface area (Å²) in [6, 6.07) is 3.35. The largest absolute Gasteiger partial charge is 0.573 e. The second-order valence-corrected chi connectivity index (χ2v) is 3.94. The van der Waals surface area contributed by atoms with Crippen LogP contribution in [0.15, 0.2) is 18.2 Å². The quantitative estimate of drug-likeness (QED) is 0.906. The van der Waals surface area contributed by atoms with E-state index in [-0.39, 0.29) is 11.6 Å². The van der Waals surface area contributed by atoms with E-state index < -0.39 is 24.2 Å². The molecule has 1 atom stereocenters. The highest BCUT2D eigenvalue weighted by Crippen LogP contribution is 2.32. The molecule has 8 heteroatoms. The molecule has 1 aromatic carbocycles. The van der Waals surface area contributed by atoms with Gasteiger partial charge < -0.3 is 14.8 Å². The summed E-state index contributed by atoms with van der Waals surface area (Å²) in [7, 11) is 0. The van der Waals surface area contributed by atoms with E-state index in [9.17, 15) is 18.0 Å². The Balaban J connectivity index is 2.17. The molecule has 1 N–H and O–H groups in total. The first-order valence-corrected chi connectivity index (χ1v) is 5.21. The molecule has 1 saturated heterocycles. The molecule has 2 rings (SSSR count). The number of cyclic esters (lactones) is 1. The van der Waals surface area contributed by atoms with Crippen LogP contribution in [0.3, 0.4) is 0 Å². The predicted molar refractivity (Wildman–Crippen MR) is 55.4 cm³/mol. The van der Waals surface area contributed by atoms with E-state index >= 15 is 0 Å². The van der Waals surface area contributed by atoms with Crippen molar-refractivity contribution in [2.75, 3.05) is 6.61 Å². The Hall–Kier alpha value is -1.63. The van der Waals surface area contributed by atoms with E-state index in [2.05, 4.69) is 14.8 Å². The van der Waals surface area contributed by atoms with Gasteiger partial charge in [-0.3, -0.25) is 0 Å². The minimum Gasteiger partial charge on any atom is -0.447 e. The maximum Gasteiger partial charge on any atom is 0.573 e. The average Bonchev–Trinajstić information content (AvgIpc) is 2.66. The van der Waals surface area contributed by atoms with E-state index in [0.29, 0.717) is 5.56 Å². The van der Waals surface area contributed by atoms with Gasteiger partial charge in [0.1, 0.15) is 12.4 Å². The van der Waals surface area contributed by atoms with Crippen molar-refractivity contribution >= 4 is 17.7 Å². The van der Waals surface area contributed by atoms with Crippen LogP contribution in [-0.2, 0) is 4.74 Å². The number of hydrogen-bond acceptors (Lipinski definition) is 3. The van der Waals surface area contributed by atoms with Gasteiger partial charge in [0, 0.05) is 0 Å². The molecule has 0 unspecified atom stereocenters. The van der Waals surface area contributed by atoms with Crippen molar-refractivity contribution in [2.24, 2.45) is 0 Å². The number of benzene rings is 1. The van der Waals surface area contributed by atoms with Gasteiger partial charge in [0.2, 0.25) is 0 Å². The normalized spacial score (nSPS) is 19.3. The fourth-order valence-corrected chi connectivity index (χ4v) is 1.73. The van der Waals surface area contributed by atoms with Crippen LogP contribution in [0.2, 0.25) is 5.02 Å². The number of rotatable bonds is 2. The predicted octanol–water partition coefficient (Wildman–Crippen LogP) is 3.02. The van der Waals surface area contributed by atoms with E-state index in [1.807, 2.05) is 0 Å². The van der Waals surface area contributed by atoms with Crippen molar-refractivity contribution in [3.63, 3.8) is 0 Å². The van der Waals surface area contributed by atoms with Crippen LogP contribution in [-0.4, -0.2) is 19.1 Å². The van der Waals surface area contributed by atoms with Gasteiger partial charge in [-0.15, -0.1) is 13.2 Å². The third-order valence-corrected chi connectivity index (χ3v) is 2.55. The van der Waals surface area contributed by atoms with Crippen LogP contribution >= 0.6 is 11.6 Å². The Morgan fingerprint density at radius 2 is 2.17 bits per heavy atom. The fraction of sp³-hybridized carbons (Fsp3) is 0.300. The van der Waals surface area contributed by atoms with Crippen LogP contribution in [0.5, 0.6) is 5.75 Å². The summed E-state index contributed by atoms with van der Waals surface area (Å²) in [5, 5.41) is 2.29. The van der Waals surface area contributed by atoms with Crippen LogP contribution in [0, 0.1) is 0 Å².